The SMILES string of the molecule is CCCCCCCCCCCC[N+](C)(C)C.[O-][Br+2]([O-])[O-]. The molecule has 0 saturated carbocycles. The zero-order valence-electron chi connectivity index (χ0n) is 13.8. The van der Waals surface area contributed by atoms with Crippen LogP contribution in [0.3, 0.4) is 0 Å². The van der Waals surface area contributed by atoms with E-state index in [0.29, 0.717) is 0 Å². The van der Waals surface area contributed by atoms with Crippen LogP contribution in [-0.2, 0) is 0 Å². The Kier molecular flexibility index (Phi) is 17.7. The van der Waals surface area contributed by atoms with Gasteiger partial charge in [-0.05, 0) is 12.8 Å². The maximum atomic E-state index is 8.52. The van der Waals surface area contributed by atoms with Crippen molar-refractivity contribution in [2.75, 3.05) is 27.7 Å². The quantitative estimate of drug-likeness (QED) is 0.410. The molecule has 0 aromatic heterocycles. The van der Waals surface area contributed by atoms with Gasteiger partial charge in [0.05, 0.1) is 27.7 Å². The molecular weight excluding hydrogens is 322 g/mol. The van der Waals surface area contributed by atoms with E-state index < -0.39 is 14.8 Å². The van der Waals surface area contributed by atoms with Crippen LogP contribution in [0.1, 0.15) is 71.1 Å². The van der Waals surface area contributed by atoms with Crippen LogP contribution in [0.4, 0.5) is 0 Å². The minimum Gasteiger partial charge on any atom is -0.405 e. The molecule has 0 aliphatic heterocycles. The van der Waals surface area contributed by atoms with Gasteiger partial charge >= 0.3 is 0 Å². The number of halogens is 1. The first-order valence-electron chi connectivity index (χ1n) is 7.83. The van der Waals surface area contributed by atoms with E-state index in [1.54, 1.807) is 0 Å². The summed E-state index contributed by atoms with van der Waals surface area (Å²) in [6.45, 7) is 3.62. The molecule has 0 aliphatic rings. The first-order valence-corrected chi connectivity index (χ1v) is 9.77. The van der Waals surface area contributed by atoms with Crippen molar-refractivity contribution in [2.45, 2.75) is 71.1 Å². The van der Waals surface area contributed by atoms with Crippen molar-refractivity contribution in [2.24, 2.45) is 0 Å². The predicted molar refractivity (Wildman–Crippen MR) is 74.7 cm³/mol. The van der Waals surface area contributed by atoms with Gasteiger partial charge in [0, 0.05) is 0 Å². The summed E-state index contributed by atoms with van der Waals surface area (Å²) in [7, 11) is 6.86. The molecule has 0 aromatic carbocycles. The molecule has 4 nitrogen and oxygen atoms in total. The first-order chi connectivity index (χ1) is 9.29. The topological polar surface area (TPSA) is 69.2 Å². The Morgan fingerprint density at radius 2 is 0.950 bits per heavy atom. The van der Waals surface area contributed by atoms with Gasteiger partial charge in [-0.1, -0.05) is 58.3 Å². The van der Waals surface area contributed by atoms with Crippen molar-refractivity contribution in [1.82, 2.24) is 0 Å². The van der Waals surface area contributed by atoms with Crippen LogP contribution in [0.2, 0.25) is 0 Å². The van der Waals surface area contributed by atoms with Crippen molar-refractivity contribution >= 4 is 0 Å². The van der Waals surface area contributed by atoms with E-state index in [0.717, 1.165) is 4.48 Å². The van der Waals surface area contributed by atoms with Gasteiger partial charge in [-0.2, -0.15) is 0 Å². The number of rotatable bonds is 11. The molecule has 124 valence electrons. The molecule has 0 N–H and O–H groups in total. The summed E-state index contributed by atoms with van der Waals surface area (Å²) in [5, 5.41) is 0. The second kappa shape index (κ2) is 15.7. The number of nitrogens with zero attached hydrogens (tertiary/aromatic N) is 1. The molecule has 0 amide bonds. The number of hydrogen-bond donors (Lipinski definition) is 0. The summed E-state index contributed by atoms with van der Waals surface area (Å²) in [5.41, 5.74) is 0. The first kappa shape index (κ1) is 22.6. The van der Waals surface area contributed by atoms with E-state index in [4.69, 9.17) is 12.6 Å². The van der Waals surface area contributed by atoms with Crippen molar-refractivity contribution in [3.63, 3.8) is 0 Å². The summed E-state index contributed by atoms with van der Waals surface area (Å²) >= 11 is -3.65. The third kappa shape index (κ3) is 31.0. The lowest BCUT2D eigenvalue weighted by Crippen LogP contribution is -2.42. The fourth-order valence-electron chi connectivity index (χ4n) is 2.07. The summed E-state index contributed by atoms with van der Waals surface area (Å²) < 4.78 is 26.7. The lowest BCUT2D eigenvalue weighted by Gasteiger charge is -2.23. The van der Waals surface area contributed by atoms with Gasteiger partial charge in [0.15, 0.2) is 0 Å². The van der Waals surface area contributed by atoms with Crippen LogP contribution in [0, 0.1) is 14.8 Å². The zero-order valence-corrected chi connectivity index (χ0v) is 15.4. The third-order valence-corrected chi connectivity index (χ3v) is 3.18. The fraction of sp³-hybridized carbons (Fsp3) is 1.00. The smallest absolute Gasteiger partial charge is 0.216 e. The fourth-order valence-corrected chi connectivity index (χ4v) is 2.07. The van der Waals surface area contributed by atoms with Crippen molar-refractivity contribution in [1.29, 1.82) is 0 Å². The Bertz CT molecular complexity index is 182. The van der Waals surface area contributed by atoms with Gasteiger partial charge in [-0.3, -0.25) is 0 Å². The highest BCUT2D eigenvalue weighted by atomic mass is 80.0. The molecule has 0 aliphatic carbocycles. The molecule has 0 aromatic rings. The molecule has 0 radical (unpaired) electrons. The Hall–Kier alpha value is 0.320. The molecule has 0 rings (SSSR count). The molecule has 0 bridgehead atoms. The van der Waals surface area contributed by atoms with E-state index in [1.165, 1.54) is 70.8 Å². The third-order valence-electron chi connectivity index (χ3n) is 3.18. The van der Waals surface area contributed by atoms with Crippen LogP contribution in [0.5, 0.6) is 0 Å². The molecule has 0 saturated heterocycles. The predicted octanol–water partition coefficient (Wildman–Crippen LogP) is 1.05. The van der Waals surface area contributed by atoms with E-state index in [2.05, 4.69) is 28.1 Å². The van der Waals surface area contributed by atoms with Gasteiger partial charge in [0.1, 0.15) is 0 Å². The average Bonchev–Trinajstić information content (AvgIpc) is 2.29. The standard InChI is InChI=1S/C15H34N.BrO3/c1-5-6-7-8-9-10-11-12-13-14-15-16(2,3)4;2-1(3)4/h5-15H2,1-4H3;/q+1;-1. The highest BCUT2D eigenvalue weighted by molar-refractivity contribution is 4.47. The summed E-state index contributed by atoms with van der Waals surface area (Å²) in [6, 6.07) is 0. The molecule has 0 fully saturated rings. The second-order valence-corrected chi connectivity index (χ2v) is 7.18. The Labute approximate surface area is 131 Å². The van der Waals surface area contributed by atoms with Gasteiger partial charge in [0.25, 0.3) is 0 Å². The largest absolute Gasteiger partial charge is 0.405 e. The summed E-state index contributed by atoms with van der Waals surface area (Å²) in [5.74, 6) is 0. The minimum atomic E-state index is -3.65. The van der Waals surface area contributed by atoms with Crippen LogP contribution < -0.4 is 12.6 Å². The van der Waals surface area contributed by atoms with Crippen LogP contribution in [0.15, 0.2) is 0 Å². The molecule has 20 heavy (non-hydrogen) atoms. The van der Waals surface area contributed by atoms with Gasteiger partial charge in [-0.25, -0.2) is 0 Å². The zero-order chi connectivity index (χ0) is 15.9. The lowest BCUT2D eigenvalue weighted by molar-refractivity contribution is -1.73. The van der Waals surface area contributed by atoms with Gasteiger partial charge < -0.3 is 17.1 Å². The Balaban J connectivity index is 0. The summed E-state index contributed by atoms with van der Waals surface area (Å²) in [4.78, 5) is 0. The lowest BCUT2D eigenvalue weighted by atomic mass is 10.1. The maximum absolute atomic E-state index is 8.52. The Morgan fingerprint density at radius 3 is 1.25 bits per heavy atom. The van der Waals surface area contributed by atoms with Crippen molar-refractivity contribution in [3.05, 3.63) is 0 Å². The summed E-state index contributed by atoms with van der Waals surface area (Å²) in [6.07, 6.45) is 14.4. The maximum Gasteiger partial charge on any atom is 0.216 e. The van der Waals surface area contributed by atoms with Crippen molar-refractivity contribution in [3.8, 4) is 0 Å². The van der Waals surface area contributed by atoms with E-state index in [9.17, 15) is 0 Å². The normalized spacial score (nSPS) is 11.4. The highest BCUT2D eigenvalue weighted by Crippen LogP contribution is 2.10. The average molecular weight is 356 g/mol. The molecule has 0 unspecified atom stereocenters. The molecule has 0 atom stereocenters. The van der Waals surface area contributed by atoms with E-state index in [-0.39, 0.29) is 0 Å². The Morgan fingerprint density at radius 1 is 0.650 bits per heavy atom. The molecule has 0 spiro atoms. The molecule has 0 heterocycles. The number of unbranched alkanes of at least 4 members (excludes halogenated alkanes) is 9. The van der Waals surface area contributed by atoms with E-state index in [1.807, 2.05) is 0 Å². The second-order valence-electron chi connectivity index (χ2n) is 6.38. The molecular formula is C15H34BrNO3. The van der Waals surface area contributed by atoms with Crippen molar-refractivity contribution < 1.29 is 31.9 Å². The van der Waals surface area contributed by atoms with Crippen LogP contribution >= 0.6 is 0 Å². The van der Waals surface area contributed by atoms with Crippen LogP contribution in [0.25, 0.3) is 0 Å². The minimum absolute atomic E-state index is 1.12. The number of hydrogen-bond acceptors (Lipinski definition) is 3. The van der Waals surface area contributed by atoms with Crippen LogP contribution in [-0.4, -0.2) is 32.2 Å². The molecule has 5 heteroatoms. The highest BCUT2D eigenvalue weighted by Gasteiger charge is 2.04. The van der Waals surface area contributed by atoms with Gasteiger partial charge in [-0.15, -0.1) is 0 Å². The monoisotopic (exact) mass is 355 g/mol. The van der Waals surface area contributed by atoms with E-state index >= 15 is 0 Å². The van der Waals surface area contributed by atoms with Gasteiger partial charge in [0.2, 0.25) is 14.8 Å². The number of quaternary nitrogens is 1.